The third kappa shape index (κ3) is 2.18. The van der Waals surface area contributed by atoms with E-state index in [2.05, 4.69) is 6.07 Å². The van der Waals surface area contributed by atoms with Crippen LogP contribution in [-0.4, -0.2) is 18.7 Å². The van der Waals surface area contributed by atoms with Gasteiger partial charge in [0.15, 0.2) is 0 Å². The van der Waals surface area contributed by atoms with Gasteiger partial charge in [0.2, 0.25) is 0 Å². The minimum absolute atomic E-state index is 0.264. The van der Waals surface area contributed by atoms with Crippen LogP contribution in [0.4, 0.5) is 10.5 Å². The lowest BCUT2D eigenvalue weighted by Gasteiger charge is -2.29. The molecule has 0 aliphatic carbocycles. The number of carbonyl (C=O) groups excluding carboxylic acids is 1. The molecule has 0 radical (unpaired) electrons. The standard InChI is InChI=1S/C13H11ClN2O2/c1-2-18-13(17)16-11(8-15)5-3-9-7-10(14)4-6-12(9)16/h3-7,11H,2H2,1H3. The number of nitrogens with zero attached hydrogens (tertiary/aromatic N) is 2. The maximum Gasteiger partial charge on any atom is 0.415 e. The normalized spacial score (nSPS) is 16.9. The van der Waals surface area contributed by atoms with Gasteiger partial charge in [0.25, 0.3) is 0 Å². The first kappa shape index (κ1) is 12.5. The van der Waals surface area contributed by atoms with Gasteiger partial charge in [-0.3, -0.25) is 4.90 Å². The number of rotatable bonds is 1. The van der Waals surface area contributed by atoms with Crippen LogP contribution in [0.15, 0.2) is 24.3 Å². The van der Waals surface area contributed by atoms with Crippen molar-refractivity contribution < 1.29 is 9.53 Å². The highest BCUT2D eigenvalue weighted by Gasteiger charge is 2.29. The summed E-state index contributed by atoms with van der Waals surface area (Å²) in [6.45, 7) is 1.99. The van der Waals surface area contributed by atoms with E-state index in [0.717, 1.165) is 5.56 Å². The van der Waals surface area contributed by atoms with Gasteiger partial charge in [0, 0.05) is 5.02 Å². The van der Waals surface area contributed by atoms with Crippen LogP contribution in [0.1, 0.15) is 12.5 Å². The molecule has 0 spiro atoms. The van der Waals surface area contributed by atoms with Crippen molar-refractivity contribution in [3.8, 4) is 6.07 Å². The first-order chi connectivity index (χ1) is 8.67. The Morgan fingerprint density at radius 1 is 1.61 bits per heavy atom. The Labute approximate surface area is 110 Å². The number of hydrogen-bond donors (Lipinski definition) is 0. The Morgan fingerprint density at radius 3 is 3.06 bits per heavy atom. The predicted octanol–water partition coefficient (Wildman–Crippen LogP) is 3.22. The molecule has 0 aromatic heterocycles. The van der Waals surface area contributed by atoms with Crippen molar-refractivity contribution in [2.75, 3.05) is 11.5 Å². The molecule has 4 nitrogen and oxygen atoms in total. The van der Waals surface area contributed by atoms with Crippen molar-refractivity contribution in [1.82, 2.24) is 0 Å². The van der Waals surface area contributed by atoms with Gasteiger partial charge in [-0.25, -0.2) is 4.79 Å². The second-order valence-electron chi connectivity index (χ2n) is 3.71. The highest BCUT2D eigenvalue weighted by Crippen LogP contribution is 2.31. The Kier molecular flexibility index (Phi) is 3.54. The second-order valence-corrected chi connectivity index (χ2v) is 4.14. The zero-order chi connectivity index (χ0) is 13.1. The molecule has 18 heavy (non-hydrogen) atoms. The molecule has 1 aromatic rings. The van der Waals surface area contributed by atoms with Gasteiger partial charge >= 0.3 is 6.09 Å². The van der Waals surface area contributed by atoms with Crippen LogP contribution in [0.2, 0.25) is 5.02 Å². The molecule has 1 aliphatic heterocycles. The molecule has 92 valence electrons. The van der Waals surface area contributed by atoms with E-state index < -0.39 is 12.1 Å². The number of ether oxygens (including phenoxy) is 1. The number of fused-ring (bicyclic) bond motifs is 1. The first-order valence-corrected chi connectivity index (χ1v) is 5.88. The highest BCUT2D eigenvalue weighted by atomic mass is 35.5. The number of nitriles is 1. The predicted molar refractivity (Wildman–Crippen MR) is 69.4 cm³/mol. The first-order valence-electron chi connectivity index (χ1n) is 5.50. The van der Waals surface area contributed by atoms with Crippen molar-refractivity contribution in [1.29, 1.82) is 5.26 Å². The van der Waals surface area contributed by atoms with E-state index >= 15 is 0 Å². The second kappa shape index (κ2) is 5.11. The Bertz CT molecular complexity index is 548. The zero-order valence-corrected chi connectivity index (χ0v) is 10.5. The van der Waals surface area contributed by atoms with Crippen molar-refractivity contribution in [2.24, 2.45) is 0 Å². The summed E-state index contributed by atoms with van der Waals surface area (Å²) in [6, 6.07) is 6.53. The fraction of sp³-hybridized carbons (Fsp3) is 0.231. The van der Waals surface area contributed by atoms with Crippen LogP contribution in [0.25, 0.3) is 6.08 Å². The molecule has 5 heteroatoms. The van der Waals surface area contributed by atoms with Gasteiger partial charge in [-0.2, -0.15) is 5.26 Å². The summed E-state index contributed by atoms with van der Waals surface area (Å²) in [7, 11) is 0. The van der Waals surface area contributed by atoms with Gasteiger partial charge in [0.1, 0.15) is 6.04 Å². The van der Waals surface area contributed by atoms with Gasteiger partial charge in [-0.05, 0) is 36.8 Å². The smallest absolute Gasteiger partial charge is 0.415 e. The average molecular weight is 263 g/mol. The van der Waals surface area contributed by atoms with Gasteiger partial charge in [0.05, 0.1) is 18.4 Å². The SMILES string of the molecule is CCOC(=O)N1c2ccc(Cl)cc2C=CC1C#N. The fourth-order valence-electron chi connectivity index (χ4n) is 1.81. The lowest BCUT2D eigenvalue weighted by atomic mass is 10.0. The molecule has 0 saturated heterocycles. The van der Waals surface area contributed by atoms with Gasteiger partial charge in [-0.1, -0.05) is 17.7 Å². The third-order valence-corrected chi connectivity index (χ3v) is 2.82. The summed E-state index contributed by atoms with van der Waals surface area (Å²) < 4.78 is 4.97. The molecule has 0 N–H and O–H groups in total. The summed E-state index contributed by atoms with van der Waals surface area (Å²) in [5.74, 6) is 0. The number of carbonyl (C=O) groups is 1. The lowest BCUT2D eigenvalue weighted by molar-refractivity contribution is 0.159. The van der Waals surface area contributed by atoms with E-state index in [1.54, 1.807) is 37.3 Å². The molecule has 1 aliphatic rings. The number of amides is 1. The van der Waals surface area contributed by atoms with E-state index in [1.807, 2.05) is 0 Å². The van der Waals surface area contributed by atoms with Crippen LogP contribution in [-0.2, 0) is 4.74 Å². The van der Waals surface area contributed by atoms with E-state index in [1.165, 1.54) is 4.90 Å². The maximum absolute atomic E-state index is 11.9. The van der Waals surface area contributed by atoms with E-state index in [-0.39, 0.29) is 6.61 Å². The van der Waals surface area contributed by atoms with Crippen LogP contribution in [0.3, 0.4) is 0 Å². The fourth-order valence-corrected chi connectivity index (χ4v) is 2.00. The van der Waals surface area contributed by atoms with Crippen LogP contribution >= 0.6 is 11.6 Å². The lowest BCUT2D eigenvalue weighted by Crippen LogP contribution is -2.40. The number of benzene rings is 1. The zero-order valence-electron chi connectivity index (χ0n) is 9.76. The summed E-state index contributed by atoms with van der Waals surface area (Å²) >= 11 is 5.90. The van der Waals surface area contributed by atoms with Gasteiger partial charge in [-0.15, -0.1) is 0 Å². The van der Waals surface area contributed by atoms with E-state index in [9.17, 15) is 4.79 Å². The monoisotopic (exact) mass is 262 g/mol. The molecule has 0 saturated carbocycles. The van der Waals surface area contributed by atoms with Crippen LogP contribution < -0.4 is 4.90 Å². The largest absolute Gasteiger partial charge is 0.449 e. The van der Waals surface area contributed by atoms with Crippen molar-refractivity contribution >= 4 is 29.5 Å². The average Bonchev–Trinajstić information content (AvgIpc) is 2.37. The molecular formula is C13H11ClN2O2. The topological polar surface area (TPSA) is 53.3 Å². The Hall–Kier alpha value is -1.99. The van der Waals surface area contributed by atoms with E-state index in [0.29, 0.717) is 10.7 Å². The molecule has 1 unspecified atom stereocenters. The van der Waals surface area contributed by atoms with Crippen molar-refractivity contribution in [3.05, 3.63) is 34.9 Å². The molecule has 0 bridgehead atoms. The third-order valence-electron chi connectivity index (χ3n) is 2.58. The summed E-state index contributed by atoms with van der Waals surface area (Å²) in [5.41, 5.74) is 1.42. The molecule has 1 atom stereocenters. The highest BCUT2D eigenvalue weighted by molar-refractivity contribution is 6.30. The summed E-state index contributed by atoms with van der Waals surface area (Å²) in [6.07, 6.45) is 2.90. The molecule has 1 aromatic carbocycles. The van der Waals surface area contributed by atoms with Crippen LogP contribution in [0.5, 0.6) is 0 Å². The van der Waals surface area contributed by atoms with Crippen LogP contribution in [0, 0.1) is 11.3 Å². The molecule has 1 heterocycles. The van der Waals surface area contributed by atoms with Crippen molar-refractivity contribution in [2.45, 2.75) is 13.0 Å². The molecule has 1 amide bonds. The minimum atomic E-state index is -0.655. The molecule has 2 rings (SSSR count). The minimum Gasteiger partial charge on any atom is -0.449 e. The van der Waals surface area contributed by atoms with Gasteiger partial charge < -0.3 is 4.74 Å². The Balaban J connectivity index is 2.46. The molecule has 0 fully saturated rings. The van der Waals surface area contributed by atoms with E-state index in [4.69, 9.17) is 21.6 Å². The number of hydrogen-bond acceptors (Lipinski definition) is 3. The quantitative estimate of drug-likeness (QED) is 0.781. The maximum atomic E-state index is 11.9. The molecular weight excluding hydrogens is 252 g/mol. The summed E-state index contributed by atoms with van der Waals surface area (Å²) in [5, 5.41) is 9.66. The summed E-state index contributed by atoms with van der Waals surface area (Å²) in [4.78, 5) is 13.2. The number of halogens is 1. The number of anilines is 1. The Morgan fingerprint density at radius 2 is 2.39 bits per heavy atom. The van der Waals surface area contributed by atoms with Crippen molar-refractivity contribution in [3.63, 3.8) is 0 Å².